The zero-order valence-corrected chi connectivity index (χ0v) is 18.2. The van der Waals surface area contributed by atoms with E-state index in [2.05, 4.69) is 11.7 Å². The molecule has 1 fully saturated rings. The molecule has 0 amide bonds. The zero-order chi connectivity index (χ0) is 22.9. The maximum Gasteiger partial charge on any atom is 0.429 e. The van der Waals surface area contributed by atoms with Crippen LogP contribution >= 0.6 is 0 Å². The molecular weight excluding hydrogens is 416 g/mol. The Balaban J connectivity index is 1.51. The lowest BCUT2D eigenvalue weighted by atomic mass is 9.79. The van der Waals surface area contributed by atoms with Crippen LogP contribution in [0, 0.1) is 24.5 Å². The maximum atomic E-state index is 14.7. The molecule has 168 valence electrons. The molecule has 0 aliphatic heterocycles. The molecule has 3 aromatic rings. The van der Waals surface area contributed by atoms with Crippen LogP contribution in [0.3, 0.4) is 0 Å². The lowest BCUT2D eigenvalue weighted by Gasteiger charge is -2.26. The van der Waals surface area contributed by atoms with Crippen LogP contribution in [0.1, 0.15) is 55.2 Å². The minimum atomic E-state index is -3.94. The van der Waals surface area contributed by atoms with Gasteiger partial charge in [-0.2, -0.15) is 8.78 Å². The average molecular weight is 442 g/mol. The Morgan fingerprint density at radius 2 is 1.44 bits per heavy atom. The molecule has 1 saturated carbocycles. The van der Waals surface area contributed by atoms with Crippen LogP contribution in [-0.2, 0) is 6.11 Å². The van der Waals surface area contributed by atoms with Crippen molar-refractivity contribution >= 4 is 0 Å². The molecule has 1 aliphatic rings. The van der Waals surface area contributed by atoms with Gasteiger partial charge in [-0.05, 0) is 72.1 Å². The van der Waals surface area contributed by atoms with Crippen LogP contribution in [-0.4, -0.2) is 0 Å². The van der Waals surface area contributed by atoms with E-state index in [-0.39, 0.29) is 5.75 Å². The second kappa shape index (κ2) is 8.97. The summed E-state index contributed by atoms with van der Waals surface area (Å²) in [6, 6.07) is 14.9. The first kappa shape index (κ1) is 22.4. The van der Waals surface area contributed by atoms with Gasteiger partial charge in [-0.15, -0.1) is 0 Å². The van der Waals surface area contributed by atoms with Crippen LogP contribution in [0.15, 0.2) is 60.7 Å². The van der Waals surface area contributed by atoms with Gasteiger partial charge in [0.15, 0.2) is 0 Å². The van der Waals surface area contributed by atoms with E-state index >= 15 is 0 Å². The Bertz CT molecular complexity index is 1080. The van der Waals surface area contributed by atoms with Crippen molar-refractivity contribution in [1.29, 1.82) is 0 Å². The lowest BCUT2D eigenvalue weighted by molar-refractivity contribution is -0.187. The second-order valence-corrected chi connectivity index (χ2v) is 8.80. The molecule has 4 rings (SSSR count). The monoisotopic (exact) mass is 442 g/mol. The van der Waals surface area contributed by atoms with Gasteiger partial charge in [-0.3, -0.25) is 0 Å². The van der Waals surface area contributed by atoms with E-state index in [9.17, 15) is 17.6 Å². The van der Waals surface area contributed by atoms with Gasteiger partial charge in [0, 0.05) is 6.07 Å². The summed E-state index contributed by atoms with van der Waals surface area (Å²) < 4.78 is 62.1. The van der Waals surface area contributed by atoms with Crippen LogP contribution in [0.5, 0.6) is 5.75 Å². The molecule has 0 spiro atoms. The Hall–Kier alpha value is -2.82. The number of alkyl halides is 2. The predicted octanol–water partition coefficient (Wildman–Crippen LogP) is 8.36. The molecule has 3 aromatic carbocycles. The van der Waals surface area contributed by atoms with Gasteiger partial charge >= 0.3 is 6.11 Å². The van der Waals surface area contributed by atoms with Gasteiger partial charge in [0.2, 0.25) is 0 Å². The lowest BCUT2D eigenvalue weighted by Crippen LogP contribution is -2.23. The molecule has 32 heavy (non-hydrogen) atoms. The fourth-order valence-electron chi connectivity index (χ4n) is 4.31. The SMILES string of the molecule is Cc1ccc(OC(F)(F)c2ccc(-c3ccc(C4CCC(C)CC4)cc3)cc2F)cc1F. The highest BCUT2D eigenvalue weighted by Gasteiger charge is 2.38. The first-order valence-electron chi connectivity index (χ1n) is 11.0. The summed E-state index contributed by atoms with van der Waals surface area (Å²) >= 11 is 0. The average Bonchev–Trinajstić information content (AvgIpc) is 2.76. The molecule has 0 unspecified atom stereocenters. The summed E-state index contributed by atoms with van der Waals surface area (Å²) in [4.78, 5) is 0. The van der Waals surface area contributed by atoms with Crippen molar-refractivity contribution in [3.05, 3.63) is 89.0 Å². The molecule has 1 aliphatic carbocycles. The van der Waals surface area contributed by atoms with E-state index in [1.54, 1.807) is 0 Å². The van der Waals surface area contributed by atoms with Crippen molar-refractivity contribution < 1.29 is 22.3 Å². The largest absolute Gasteiger partial charge is 0.429 e. The van der Waals surface area contributed by atoms with Crippen molar-refractivity contribution in [3.8, 4) is 16.9 Å². The maximum absolute atomic E-state index is 14.7. The molecule has 0 aromatic heterocycles. The first-order chi connectivity index (χ1) is 15.2. The smallest absolute Gasteiger partial charge is 0.429 e. The van der Waals surface area contributed by atoms with E-state index < -0.39 is 23.3 Å². The normalized spacial score (nSPS) is 19.1. The van der Waals surface area contributed by atoms with E-state index in [1.807, 2.05) is 24.3 Å². The van der Waals surface area contributed by atoms with Crippen LogP contribution < -0.4 is 4.74 Å². The number of benzene rings is 3. The zero-order valence-electron chi connectivity index (χ0n) is 18.2. The quantitative estimate of drug-likeness (QED) is 0.361. The highest BCUT2D eigenvalue weighted by molar-refractivity contribution is 5.64. The summed E-state index contributed by atoms with van der Waals surface area (Å²) in [5.74, 6) is -0.791. The summed E-state index contributed by atoms with van der Waals surface area (Å²) in [6.07, 6.45) is 0.856. The first-order valence-corrected chi connectivity index (χ1v) is 11.0. The van der Waals surface area contributed by atoms with E-state index in [1.165, 1.54) is 56.4 Å². The fraction of sp³-hybridized carbons (Fsp3) is 0.333. The molecule has 0 heterocycles. The third-order valence-corrected chi connectivity index (χ3v) is 6.40. The fourth-order valence-corrected chi connectivity index (χ4v) is 4.31. The summed E-state index contributed by atoms with van der Waals surface area (Å²) in [5, 5.41) is 0. The minimum Gasteiger partial charge on any atom is -0.429 e. The highest BCUT2D eigenvalue weighted by Crippen LogP contribution is 2.37. The van der Waals surface area contributed by atoms with Gasteiger partial charge in [0.25, 0.3) is 0 Å². The summed E-state index contributed by atoms with van der Waals surface area (Å²) in [5.41, 5.74) is 1.94. The Labute approximate surface area is 186 Å². The Morgan fingerprint density at radius 3 is 2.06 bits per heavy atom. The molecule has 0 radical (unpaired) electrons. The second-order valence-electron chi connectivity index (χ2n) is 8.80. The molecule has 0 atom stereocenters. The molecular formula is C27H26F4O. The minimum absolute atomic E-state index is 0.306. The molecule has 0 N–H and O–H groups in total. The van der Waals surface area contributed by atoms with E-state index in [0.29, 0.717) is 17.0 Å². The Morgan fingerprint density at radius 1 is 0.781 bits per heavy atom. The molecule has 5 heteroatoms. The number of hydrogen-bond acceptors (Lipinski definition) is 1. The number of ether oxygens (including phenoxy) is 1. The molecule has 0 saturated heterocycles. The molecule has 0 bridgehead atoms. The van der Waals surface area contributed by atoms with Crippen molar-refractivity contribution in [2.24, 2.45) is 5.92 Å². The number of aryl methyl sites for hydroxylation is 1. The highest BCUT2D eigenvalue weighted by atomic mass is 19.3. The van der Waals surface area contributed by atoms with Crippen molar-refractivity contribution in [2.75, 3.05) is 0 Å². The topological polar surface area (TPSA) is 9.23 Å². The third-order valence-electron chi connectivity index (χ3n) is 6.40. The van der Waals surface area contributed by atoms with Gasteiger partial charge < -0.3 is 4.74 Å². The Kier molecular flexibility index (Phi) is 6.27. The van der Waals surface area contributed by atoms with Crippen LogP contribution in [0.25, 0.3) is 11.1 Å². The van der Waals surface area contributed by atoms with Crippen molar-refractivity contribution in [3.63, 3.8) is 0 Å². The summed E-state index contributed by atoms with van der Waals surface area (Å²) in [6.45, 7) is 3.79. The van der Waals surface area contributed by atoms with Crippen LogP contribution in [0.4, 0.5) is 17.6 Å². The van der Waals surface area contributed by atoms with Gasteiger partial charge in [0.05, 0.1) is 5.56 Å². The van der Waals surface area contributed by atoms with Gasteiger partial charge in [-0.1, -0.05) is 56.2 Å². The molecule has 1 nitrogen and oxygen atoms in total. The van der Waals surface area contributed by atoms with E-state index in [4.69, 9.17) is 0 Å². The predicted molar refractivity (Wildman–Crippen MR) is 118 cm³/mol. The van der Waals surface area contributed by atoms with Gasteiger partial charge in [0.1, 0.15) is 17.4 Å². The van der Waals surface area contributed by atoms with E-state index in [0.717, 1.165) is 29.7 Å². The van der Waals surface area contributed by atoms with Crippen molar-refractivity contribution in [1.82, 2.24) is 0 Å². The van der Waals surface area contributed by atoms with Crippen LogP contribution in [0.2, 0.25) is 0 Å². The third kappa shape index (κ3) is 4.82. The number of rotatable bonds is 5. The number of hydrogen-bond donors (Lipinski definition) is 0. The number of halogens is 4. The van der Waals surface area contributed by atoms with Crippen molar-refractivity contribution in [2.45, 2.75) is 51.6 Å². The summed E-state index contributed by atoms with van der Waals surface area (Å²) in [7, 11) is 0. The van der Waals surface area contributed by atoms with Gasteiger partial charge in [-0.25, -0.2) is 8.78 Å². The standard InChI is InChI=1S/C27H26F4O/c1-17-3-6-19(7-4-17)20-8-10-21(11-9-20)22-12-14-24(26(29)15-22)27(30,31)32-23-13-5-18(2)25(28)16-23/h5,8-17,19H,3-4,6-7H2,1-2H3.